The fourth-order valence-corrected chi connectivity index (χ4v) is 7.23. The van der Waals surface area contributed by atoms with Gasteiger partial charge in [-0.05, 0) is 37.0 Å². The molecule has 6 heteroatoms. The van der Waals surface area contributed by atoms with E-state index in [-0.39, 0.29) is 31.1 Å². The van der Waals surface area contributed by atoms with Crippen LogP contribution in [0.1, 0.15) is 260 Å². The molecule has 6 nitrogen and oxygen atoms in total. The van der Waals surface area contributed by atoms with Crippen molar-refractivity contribution in [2.75, 3.05) is 13.2 Å². The summed E-state index contributed by atoms with van der Waals surface area (Å²) in [6.07, 6.45) is 38.1. The van der Waals surface area contributed by atoms with Crippen molar-refractivity contribution in [3.63, 3.8) is 0 Å². The fraction of sp³-hybridized carbons (Fsp3) is 0.939. The van der Waals surface area contributed by atoms with Crippen molar-refractivity contribution >= 4 is 17.9 Å². The van der Waals surface area contributed by atoms with Crippen LogP contribution in [-0.2, 0) is 28.6 Å². The number of hydrogen-bond acceptors (Lipinski definition) is 6. The van der Waals surface area contributed by atoms with Crippen molar-refractivity contribution in [1.82, 2.24) is 0 Å². The van der Waals surface area contributed by atoms with E-state index < -0.39 is 6.10 Å². The molecule has 0 aromatic carbocycles. The molecule has 326 valence electrons. The van der Waals surface area contributed by atoms with Gasteiger partial charge in [0.2, 0.25) is 0 Å². The highest BCUT2D eigenvalue weighted by molar-refractivity contribution is 5.71. The van der Waals surface area contributed by atoms with Gasteiger partial charge in [0, 0.05) is 19.3 Å². The van der Waals surface area contributed by atoms with Crippen LogP contribution in [0.25, 0.3) is 0 Å². The lowest BCUT2D eigenvalue weighted by Gasteiger charge is -2.18. The van der Waals surface area contributed by atoms with E-state index in [1.807, 2.05) is 0 Å². The van der Waals surface area contributed by atoms with E-state index in [0.717, 1.165) is 75.5 Å². The van der Waals surface area contributed by atoms with Crippen molar-refractivity contribution in [3.8, 4) is 0 Å². The summed E-state index contributed by atoms with van der Waals surface area (Å²) in [5.41, 5.74) is 0. The molecule has 55 heavy (non-hydrogen) atoms. The zero-order chi connectivity index (χ0) is 40.6. The SMILES string of the molecule is CC(C)CCCCCCCCCCCCCC(=O)OC[C@H](COC(=O)CCCCCCCCCC(C)C)OC(=O)CCCCCCCCCCCCC(C)C. The molecule has 0 spiro atoms. The lowest BCUT2D eigenvalue weighted by molar-refractivity contribution is -0.167. The monoisotopic (exact) mass is 779 g/mol. The minimum Gasteiger partial charge on any atom is -0.462 e. The first-order valence-electron chi connectivity index (χ1n) is 24.1. The first-order valence-corrected chi connectivity index (χ1v) is 24.1. The van der Waals surface area contributed by atoms with Gasteiger partial charge in [0.25, 0.3) is 0 Å². The van der Waals surface area contributed by atoms with Crippen molar-refractivity contribution in [2.24, 2.45) is 17.8 Å². The maximum absolute atomic E-state index is 12.7. The van der Waals surface area contributed by atoms with E-state index in [9.17, 15) is 14.4 Å². The van der Waals surface area contributed by atoms with Gasteiger partial charge in [-0.15, -0.1) is 0 Å². The highest BCUT2D eigenvalue weighted by Gasteiger charge is 2.19. The predicted octanol–water partition coefficient (Wildman–Crippen LogP) is 15.2. The molecule has 0 aliphatic carbocycles. The van der Waals surface area contributed by atoms with Crippen LogP contribution in [0.3, 0.4) is 0 Å². The Morgan fingerprint density at radius 2 is 0.527 bits per heavy atom. The lowest BCUT2D eigenvalue weighted by atomic mass is 10.0. The molecule has 1 atom stereocenters. The van der Waals surface area contributed by atoms with Gasteiger partial charge in [-0.2, -0.15) is 0 Å². The lowest BCUT2D eigenvalue weighted by Crippen LogP contribution is -2.30. The highest BCUT2D eigenvalue weighted by Crippen LogP contribution is 2.17. The van der Waals surface area contributed by atoms with Gasteiger partial charge >= 0.3 is 17.9 Å². The third-order valence-electron chi connectivity index (χ3n) is 10.9. The Hall–Kier alpha value is -1.59. The van der Waals surface area contributed by atoms with Gasteiger partial charge < -0.3 is 14.2 Å². The molecular formula is C49H94O6. The number of hydrogen-bond donors (Lipinski definition) is 0. The number of carbonyl (C=O) groups is 3. The average molecular weight is 779 g/mol. The zero-order valence-electron chi connectivity index (χ0n) is 37.7. The summed E-state index contributed by atoms with van der Waals surface area (Å²) in [4.78, 5) is 37.8. The average Bonchev–Trinajstić information content (AvgIpc) is 3.13. The first kappa shape index (κ1) is 53.4. The van der Waals surface area contributed by atoms with Crippen LogP contribution in [0.4, 0.5) is 0 Å². The molecule has 0 aromatic rings. The second-order valence-corrected chi connectivity index (χ2v) is 18.2. The molecule has 0 saturated carbocycles. The fourth-order valence-electron chi connectivity index (χ4n) is 7.23. The minimum absolute atomic E-state index is 0.0659. The van der Waals surface area contributed by atoms with E-state index in [1.54, 1.807) is 0 Å². The van der Waals surface area contributed by atoms with Crippen molar-refractivity contribution in [2.45, 2.75) is 266 Å². The molecule has 0 heterocycles. The van der Waals surface area contributed by atoms with Crippen LogP contribution >= 0.6 is 0 Å². The molecule has 0 aliphatic rings. The van der Waals surface area contributed by atoms with Crippen LogP contribution < -0.4 is 0 Å². The standard InChI is InChI=1S/C49H94O6/c1-43(2)35-29-23-17-12-8-7-9-14-20-26-32-38-47(50)53-41-46(42-54-48(51)39-33-27-22-16-19-25-31-37-45(5)6)55-49(52)40-34-28-21-15-11-10-13-18-24-30-36-44(3)4/h43-46H,7-42H2,1-6H3/t46-/m1/s1. The Kier molecular flexibility index (Phi) is 39.4. The molecule has 0 N–H and O–H groups in total. The maximum atomic E-state index is 12.7. The van der Waals surface area contributed by atoms with Crippen LogP contribution in [0, 0.1) is 17.8 Å². The van der Waals surface area contributed by atoms with Crippen molar-refractivity contribution in [1.29, 1.82) is 0 Å². The number of rotatable bonds is 42. The quantitative estimate of drug-likeness (QED) is 0.0349. The molecule has 0 saturated heterocycles. The van der Waals surface area contributed by atoms with Gasteiger partial charge in [0.05, 0.1) is 0 Å². The normalized spacial score (nSPS) is 12.2. The highest BCUT2D eigenvalue weighted by atomic mass is 16.6. The van der Waals surface area contributed by atoms with E-state index >= 15 is 0 Å². The van der Waals surface area contributed by atoms with Crippen molar-refractivity contribution < 1.29 is 28.6 Å². The maximum Gasteiger partial charge on any atom is 0.306 e. The third kappa shape index (κ3) is 43.4. The molecule has 0 radical (unpaired) electrons. The smallest absolute Gasteiger partial charge is 0.306 e. The van der Waals surface area contributed by atoms with Crippen molar-refractivity contribution in [3.05, 3.63) is 0 Å². The van der Waals surface area contributed by atoms with E-state index in [4.69, 9.17) is 14.2 Å². The summed E-state index contributed by atoms with van der Waals surface area (Å²) in [6, 6.07) is 0. The Morgan fingerprint density at radius 1 is 0.309 bits per heavy atom. The molecule has 0 unspecified atom stereocenters. The Labute approximate surface area is 342 Å². The Morgan fingerprint density at radius 3 is 0.782 bits per heavy atom. The second-order valence-electron chi connectivity index (χ2n) is 18.2. The first-order chi connectivity index (χ1) is 26.6. The van der Waals surface area contributed by atoms with Crippen LogP contribution in [-0.4, -0.2) is 37.2 Å². The second kappa shape index (κ2) is 40.6. The largest absolute Gasteiger partial charge is 0.462 e. The van der Waals surface area contributed by atoms with E-state index in [2.05, 4.69) is 41.5 Å². The van der Waals surface area contributed by atoms with Gasteiger partial charge in [-0.3, -0.25) is 14.4 Å². The summed E-state index contributed by atoms with van der Waals surface area (Å²) in [7, 11) is 0. The van der Waals surface area contributed by atoms with Crippen LogP contribution in [0.2, 0.25) is 0 Å². The van der Waals surface area contributed by atoms with Crippen LogP contribution in [0.5, 0.6) is 0 Å². The molecule has 0 fully saturated rings. The Balaban J connectivity index is 4.32. The van der Waals surface area contributed by atoms with Gasteiger partial charge in [-0.25, -0.2) is 0 Å². The summed E-state index contributed by atoms with van der Waals surface area (Å²) >= 11 is 0. The molecule has 0 aliphatic heterocycles. The number of unbranched alkanes of at least 4 members (excludes halogenated alkanes) is 25. The summed E-state index contributed by atoms with van der Waals surface area (Å²) in [5, 5.41) is 0. The zero-order valence-corrected chi connectivity index (χ0v) is 37.7. The van der Waals surface area contributed by atoms with E-state index in [1.165, 1.54) is 141 Å². The number of ether oxygens (including phenoxy) is 3. The van der Waals surface area contributed by atoms with Gasteiger partial charge in [0.15, 0.2) is 6.10 Å². The molecular weight excluding hydrogens is 685 g/mol. The van der Waals surface area contributed by atoms with Gasteiger partial charge in [-0.1, -0.05) is 221 Å². The molecule has 0 rings (SSSR count). The van der Waals surface area contributed by atoms with Crippen LogP contribution in [0.15, 0.2) is 0 Å². The Bertz CT molecular complexity index is 852. The van der Waals surface area contributed by atoms with E-state index in [0.29, 0.717) is 19.3 Å². The number of esters is 3. The summed E-state index contributed by atoms with van der Waals surface area (Å²) in [6.45, 7) is 13.6. The predicted molar refractivity (Wildman–Crippen MR) is 233 cm³/mol. The molecule has 0 amide bonds. The topological polar surface area (TPSA) is 78.9 Å². The number of carbonyl (C=O) groups excluding carboxylic acids is 3. The third-order valence-corrected chi connectivity index (χ3v) is 10.9. The minimum atomic E-state index is -0.762. The molecule has 0 aromatic heterocycles. The van der Waals surface area contributed by atoms with Gasteiger partial charge in [0.1, 0.15) is 13.2 Å². The summed E-state index contributed by atoms with van der Waals surface area (Å²) < 4.78 is 16.7. The summed E-state index contributed by atoms with van der Waals surface area (Å²) in [5.74, 6) is 1.56. The molecule has 0 bridgehead atoms.